The molecule has 4 rings (SSSR count). The molecule has 2 aromatic heterocycles. The summed E-state index contributed by atoms with van der Waals surface area (Å²) < 4.78 is 12.7. The summed E-state index contributed by atoms with van der Waals surface area (Å²) in [7, 11) is 0. The van der Waals surface area contributed by atoms with Crippen LogP contribution in [0.25, 0.3) is 5.65 Å². The van der Waals surface area contributed by atoms with Crippen molar-refractivity contribution in [2.24, 2.45) is 0 Å². The number of hydrogen-bond donors (Lipinski definition) is 0. The highest BCUT2D eigenvalue weighted by Gasteiger charge is 2.17. The minimum absolute atomic E-state index is 0.0568. The Kier molecular flexibility index (Phi) is 5.10. The zero-order valence-electron chi connectivity index (χ0n) is 15.8. The maximum Gasteiger partial charge on any atom is 0.338 e. The van der Waals surface area contributed by atoms with Crippen LogP contribution in [0, 0.1) is 6.92 Å². The second kappa shape index (κ2) is 7.84. The molecule has 1 aliphatic rings. The summed E-state index contributed by atoms with van der Waals surface area (Å²) in [5, 5.41) is 0. The minimum atomic E-state index is -0.460. The number of benzene rings is 1. The first-order chi connectivity index (χ1) is 13.6. The molecule has 0 N–H and O–H groups in total. The summed E-state index contributed by atoms with van der Waals surface area (Å²) >= 11 is 0. The Morgan fingerprint density at radius 3 is 2.64 bits per heavy atom. The van der Waals surface area contributed by atoms with Gasteiger partial charge in [0.1, 0.15) is 18.0 Å². The van der Waals surface area contributed by atoms with Crippen molar-refractivity contribution < 1.29 is 14.3 Å². The Labute approximate surface area is 162 Å². The summed E-state index contributed by atoms with van der Waals surface area (Å²) in [6.07, 6.45) is 6.60. The maximum atomic E-state index is 12.3. The lowest BCUT2D eigenvalue weighted by Crippen LogP contribution is -2.17. The smallest absolute Gasteiger partial charge is 0.338 e. The van der Waals surface area contributed by atoms with E-state index in [9.17, 15) is 9.59 Å². The van der Waals surface area contributed by atoms with E-state index in [-0.39, 0.29) is 18.3 Å². The summed E-state index contributed by atoms with van der Waals surface area (Å²) in [6, 6.07) is 12.0. The van der Waals surface area contributed by atoms with Gasteiger partial charge in [-0.25, -0.2) is 9.78 Å². The third-order valence-electron chi connectivity index (χ3n) is 4.91. The van der Waals surface area contributed by atoms with E-state index < -0.39 is 5.97 Å². The molecule has 0 saturated heterocycles. The molecular weight excluding hydrogens is 356 g/mol. The van der Waals surface area contributed by atoms with Crippen molar-refractivity contribution in [3.63, 3.8) is 0 Å². The number of nitrogens with zero attached hydrogens (tertiary/aromatic N) is 2. The molecule has 6 heteroatoms. The topological polar surface area (TPSA) is 69.9 Å². The molecule has 0 amide bonds. The van der Waals surface area contributed by atoms with Crippen molar-refractivity contribution in [2.45, 2.75) is 45.3 Å². The van der Waals surface area contributed by atoms with E-state index in [1.54, 1.807) is 36.5 Å². The number of rotatable bonds is 5. The van der Waals surface area contributed by atoms with E-state index in [1.165, 1.54) is 23.3 Å². The summed E-state index contributed by atoms with van der Waals surface area (Å²) in [5.41, 5.74) is 2.15. The molecule has 6 nitrogen and oxygen atoms in total. The van der Waals surface area contributed by atoms with Gasteiger partial charge in [0, 0.05) is 12.3 Å². The minimum Gasteiger partial charge on any atom is -0.490 e. The van der Waals surface area contributed by atoms with Gasteiger partial charge in [0.05, 0.1) is 17.4 Å². The lowest BCUT2D eigenvalue weighted by atomic mass is 10.2. The van der Waals surface area contributed by atoms with Crippen LogP contribution in [0.1, 0.15) is 47.3 Å². The number of fused-ring (bicyclic) bond motifs is 1. The Morgan fingerprint density at radius 1 is 1.14 bits per heavy atom. The van der Waals surface area contributed by atoms with E-state index in [4.69, 9.17) is 9.47 Å². The van der Waals surface area contributed by atoms with Crippen LogP contribution < -0.4 is 10.3 Å². The fraction of sp³-hybridized carbons (Fsp3) is 0.318. The van der Waals surface area contributed by atoms with Gasteiger partial charge in [-0.05, 0) is 68.5 Å². The lowest BCUT2D eigenvalue weighted by molar-refractivity contribution is 0.0467. The van der Waals surface area contributed by atoms with Gasteiger partial charge in [-0.1, -0.05) is 6.07 Å². The average Bonchev–Trinajstić information content (AvgIpc) is 3.20. The number of carbonyl (C=O) groups excluding carboxylic acids is 1. The van der Waals surface area contributed by atoms with Crippen LogP contribution in [0.15, 0.2) is 53.5 Å². The van der Waals surface area contributed by atoms with Crippen LogP contribution in [0.4, 0.5) is 0 Å². The molecule has 1 aliphatic carbocycles. The molecule has 0 radical (unpaired) electrons. The first kappa shape index (κ1) is 18.2. The molecule has 144 valence electrons. The third-order valence-corrected chi connectivity index (χ3v) is 4.91. The Bertz CT molecular complexity index is 1050. The Balaban J connectivity index is 1.40. The fourth-order valence-corrected chi connectivity index (χ4v) is 3.42. The molecule has 1 fully saturated rings. The van der Waals surface area contributed by atoms with E-state index in [0.717, 1.165) is 24.2 Å². The van der Waals surface area contributed by atoms with Gasteiger partial charge in [-0.15, -0.1) is 0 Å². The van der Waals surface area contributed by atoms with Gasteiger partial charge >= 0.3 is 5.97 Å². The molecule has 0 atom stereocenters. The number of ether oxygens (including phenoxy) is 2. The standard InChI is InChI=1S/C22H22N2O4/c1-15-6-11-20-23-17(12-21(25)24(20)13-15)14-27-22(26)16-7-9-19(10-8-16)28-18-4-2-3-5-18/h6-13,18H,2-5,14H2,1H3. The molecular formula is C22H22N2O4. The van der Waals surface area contributed by atoms with Crippen molar-refractivity contribution >= 4 is 11.6 Å². The molecule has 0 aliphatic heterocycles. The zero-order chi connectivity index (χ0) is 19.5. The highest BCUT2D eigenvalue weighted by Crippen LogP contribution is 2.24. The van der Waals surface area contributed by atoms with E-state index in [2.05, 4.69) is 4.98 Å². The second-order valence-corrected chi connectivity index (χ2v) is 7.15. The van der Waals surface area contributed by atoms with E-state index >= 15 is 0 Å². The second-order valence-electron chi connectivity index (χ2n) is 7.15. The van der Waals surface area contributed by atoms with Gasteiger partial charge < -0.3 is 9.47 Å². The number of carbonyl (C=O) groups is 1. The molecule has 3 aromatic rings. The predicted octanol–water partition coefficient (Wildman–Crippen LogP) is 3.68. The number of esters is 1. The van der Waals surface area contributed by atoms with Crippen molar-refractivity contribution in [3.05, 3.63) is 75.8 Å². The third kappa shape index (κ3) is 4.06. The van der Waals surface area contributed by atoms with Crippen molar-refractivity contribution in [1.82, 2.24) is 9.38 Å². The molecule has 1 aromatic carbocycles. The number of aryl methyl sites for hydroxylation is 1. The van der Waals surface area contributed by atoms with Crippen molar-refractivity contribution in [1.29, 1.82) is 0 Å². The highest BCUT2D eigenvalue weighted by atomic mass is 16.5. The highest BCUT2D eigenvalue weighted by molar-refractivity contribution is 5.89. The van der Waals surface area contributed by atoms with Crippen LogP contribution in [-0.2, 0) is 11.3 Å². The normalized spacial score (nSPS) is 14.3. The molecule has 0 spiro atoms. The Morgan fingerprint density at radius 2 is 1.89 bits per heavy atom. The fourth-order valence-electron chi connectivity index (χ4n) is 3.42. The number of hydrogen-bond acceptors (Lipinski definition) is 5. The number of aromatic nitrogens is 2. The first-order valence-corrected chi connectivity index (χ1v) is 9.51. The van der Waals surface area contributed by atoms with Gasteiger partial charge in [-0.2, -0.15) is 0 Å². The SMILES string of the molecule is Cc1ccc2nc(COC(=O)c3ccc(OC4CCCC4)cc3)cc(=O)n2c1. The maximum absolute atomic E-state index is 12.3. The van der Waals surface area contributed by atoms with Crippen molar-refractivity contribution in [3.8, 4) is 5.75 Å². The number of pyridine rings is 1. The van der Waals surface area contributed by atoms with E-state index in [0.29, 0.717) is 16.9 Å². The van der Waals surface area contributed by atoms with Gasteiger partial charge in [0.2, 0.25) is 0 Å². The predicted molar refractivity (Wildman–Crippen MR) is 105 cm³/mol. The molecule has 0 bridgehead atoms. The summed E-state index contributed by atoms with van der Waals surface area (Å²) in [5.74, 6) is 0.307. The summed E-state index contributed by atoms with van der Waals surface area (Å²) in [6.45, 7) is 1.85. The Hall–Kier alpha value is -3.15. The van der Waals surface area contributed by atoms with Crippen LogP contribution in [0.2, 0.25) is 0 Å². The van der Waals surface area contributed by atoms with Gasteiger partial charge in [0.15, 0.2) is 0 Å². The van der Waals surface area contributed by atoms with Crippen LogP contribution >= 0.6 is 0 Å². The van der Waals surface area contributed by atoms with E-state index in [1.807, 2.05) is 13.0 Å². The van der Waals surface area contributed by atoms with Crippen molar-refractivity contribution in [2.75, 3.05) is 0 Å². The summed E-state index contributed by atoms with van der Waals surface area (Å²) in [4.78, 5) is 28.9. The van der Waals surface area contributed by atoms with Crippen LogP contribution in [0.5, 0.6) is 5.75 Å². The first-order valence-electron chi connectivity index (χ1n) is 9.51. The van der Waals surface area contributed by atoms with Crippen LogP contribution in [0.3, 0.4) is 0 Å². The largest absolute Gasteiger partial charge is 0.490 e. The molecule has 1 saturated carbocycles. The zero-order valence-corrected chi connectivity index (χ0v) is 15.8. The average molecular weight is 378 g/mol. The quantitative estimate of drug-likeness (QED) is 0.634. The molecule has 0 unspecified atom stereocenters. The van der Waals surface area contributed by atoms with Gasteiger partial charge in [0.25, 0.3) is 5.56 Å². The van der Waals surface area contributed by atoms with Gasteiger partial charge in [-0.3, -0.25) is 9.20 Å². The monoisotopic (exact) mass is 378 g/mol. The lowest BCUT2D eigenvalue weighted by Gasteiger charge is -2.13. The van der Waals surface area contributed by atoms with Crippen LogP contribution in [-0.4, -0.2) is 21.5 Å². The molecule has 2 heterocycles. The molecule has 28 heavy (non-hydrogen) atoms.